The molecule has 0 aliphatic heterocycles. The van der Waals surface area contributed by atoms with E-state index in [-0.39, 0.29) is 10.8 Å². The van der Waals surface area contributed by atoms with Crippen molar-refractivity contribution in [1.82, 2.24) is 0 Å². The highest BCUT2D eigenvalue weighted by molar-refractivity contribution is 8.70. The Morgan fingerprint density at radius 2 is 2.00 bits per heavy atom. The van der Waals surface area contributed by atoms with E-state index in [0.717, 1.165) is 6.92 Å². The van der Waals surface area contributed by atoms with Crippen LogP contribution >= 0.6 is 10.8 Å². The first-order valence-corrected chi connectivity index (χ1v) is 5.13. The molecule has 4 N–H and O–H groups in total. The molecule has 0 aromatic rings. The summed E-state index contributed by atoms with van der Waals surface area (Å²) in [5.41, 5.74) is 4.97. The second kappa shape index (κ2) is 2.97. The number of hydrogen-bond acceptors (Lipinski definition) is 5. The van der Waals surface area contributed by atoms with Crippen LogP contribution in [0.25, 0.3) is 0 Å². The van der Waals surface area contributed by atoms with E-state index in [2.05, 4.69) is 0 Å². The first-order chi connectivity index (χ1) is 4.65. The molecule has 0 aromatic carbocycles. The minimum Gasteiger partial charge on any atom is -0.479 e. The van der Waals surface area contributed by atoms with E-state index < -0.39 is 20.0 Å². The molecule has 0 aliphatic rings. The van der Waals surface area contributed by atoms with Crippen LogP contribution in [-0.4, -0.2) is 28.9 Å². The molecule has 6 nitrogen and oxygen atoms in total. The van der Waals surface area contributed by atoms with Gasteiger partial charge < -0.3 is 10.8 Å². The van der Waals surface area contributed by atoms with Gasteiger partial charge in [-0.3, -0.25) is 4.55 Å². The van der Waals surface area contributed by atoms with Crippen LogP contribution in [0.3, 0.4) is 0 Å². The fourth-order valence-corrected chi connectivity index (χ4v) is 2.29. The molecule has 0 unspecified atom stereocenters. The van der Waals surface area contributed by atoms with Crippen LogP contribution in [0.15, 0.2) is 0 Å². The van der Waals surface area contributed by atoms with Crippen LogP contribution in [0, 0.1) is 0 Å². The zero-order chi connectivity index (χ0) is 9.28. The van der Waals surface area contributed by atoms with Gasteiger partial charge in [-0.05, 0) is 6.92 Å². The number of carbonyl (C=O) groups is 1. The Morgan fingerprint density at radius 1 is 1.64 bits per heavy atom. The number of carboxylic acids is 1. The Bertz CT molecular complexity index is 255. The highest BCUT2D eigenvalue weighted by Crippen LogP contribution is 2.23. The average Bonchev–Trinajstić information content (AvgIpc) is 1.56. The maximum absolute atomic E-state index is 10.2. The number of carboxylic acid groups (broad SMARTS) is 1. The molecule has 11 heavy (non-hydrogen) atoms. The lowest BCUT2D eigenvalue weighted by Gasteiger charge is -2.14. The van der Waals surface area contributed by atoms with Crippen molar-refractivity contribution in [2.45, 2.75) is 11.8 Å². The van der Waals surface area contributed by atoms with Crippen molar-refractivity contribution in [3.63, 3.8) is 0 Å². The van der Waals surface area contributed by atoms with Crippen LogP contribution in [0.2, 0.25) is 0 Å². The maximum atomic E-state index is 10.2. The third kappa shape index (κ3) is 4.19. The highest BCUT2D eigenvalue weighted by Gasteiger charge is 2.34. The normalized spacial score (nSPS) is 17.4. The molecule has 0 radical (unpaired) electrons. The van der Waals surface area contributed by atoms with Gasteiger partial charge in [0, 0.05) is 10.8 Å². The number of rotatable bonds is 3. The van der Waals surface area contributed by atoms with Gasteiger partial charge in [0.15, 0.2) is 4.87 Å². The van der Waals surface area contributed by atoms with Gasteiger partial charge in [0.2, 0.25) is 0 Å². The Hall–Kier alpha value is -0.310. The van der Waals surface area contributed by atoms with Crippen LogP contribution in [0.5, 0.6) is 0 Å². The minimum absolute atomic E-state index is 0.227. The summed E-state index contributed by atoms with van der Waals surface area (Å²) in [7, 11) is -4.64. The van der Waals surface area contributed by atoms with E-state index >= 15 is 0 Å². The van der Waals surface area contributed by atoms with Crippen LogP contribution in [0.1, 0.15) is 6.92 Å². The summed E-state index contributed by atoms with van der Waals surface area (Å²) in [5.74, 6) is -1.51. The molecule has 0 aromatic heterocycles. The second-order valence-corrected chi connectivity index (χ2v) is 5.56. The van der Waals surface area contributed by atoms with Gasteiger partial charge in [0.25, 0.3) is 0 Å². The third-order valence-electron chi connectivity index (χ3n) is 0.703. The molecular weight excluding hydrogens is 194 g/mol. The van der Waals surface area contributed by atoms with Gasteiger partial charge in [-0.25, -0.2) is 4.79 Å². The lowest BCUT2D eigenvalue weighted by molar-refractivity contribution is -0.139. The van der Waals surface area contributed by atoms with E-state index in [1.165, 1.54) is 0 Å². The molecule has 66 valence electrons. The van der Waals surface area contributed by atoms with Gasteiger partial charge in [-0.2, -0.15) is 8.42 Å². The third-order valence-corrected chi connectivity index (χ3v) is 3.11. The summed E-state index contributed by atoms with van der Waals surface area (Å²) in [6.07, 6.45) is 0. The molecule has 1 atom stereocenters. The predicted octanol–water partition coefficient (Wildman–Crippen LogP) is -0.718. The summed E-state index contributed by atoms with van der Waals surface area (Å²) in [5, 5.41) is 8.28. The lowest BCUT2D eigenvalue weighted by Crippen LogP contribution is -2.42. The standard InChI is InChI=1S/C3H7NO5S2/c1-3(4,2(5)6)10-11(7,8)9/h4H2,1H3,(H,5,6)(H,7,8,9)/t3-/m0/s1. The number of hydrogen-bond donors (Lipinski definition) is 3. The fraction of sp³-hybridized carbons (Fsp3) is 0.667. The van der Waals surface area contributed by atoms with Gasteiger partial charge in [0.05, 0.1) is 0 Å². The summed E-state index contributed by atoms with van der Waals surface area (Å²) < 4.78 is 28.4. The van der Waals surface area contributed by atoms with Crippen LogP contribution < -0.4 is 5.73 Å². The van der Waals surface area contributed by atoms with Crippen molar-refractivity contribution >= 4 is 25.9 Å². The van der Waals surface area contributed by atoms with E-state index in [0.29, 0.717) is 0 Å². The summed E-state index contributed by atoms with van der Waals surface area (Å²) in [6, 6.07) is 0. The SMILES string of the molecule is C[C@](N)(SS(=O)(=O)O)C(=O)O. The zero-order valence-corrected chi connectivity index (χ0v) is 7.15. The minimum atomic E-state index is -4.42. The second-order valence-electron chi connectivity index (χ2n) is 1.92. The summed E-state index contributed by atoms with van der Waals surface area (Å²) in [6.45, 7) is 0.966. The van der Waals surface area contributed by atoms with Crippen molar-refractivity contribution in [2.75, 3.05) is 0 Å². The Morgan fingerprint density at radius 3 is 2.09 bits per heavy atom. The molecule has 0 amide bonds. The van der Waals surface area contributed by atoms with E-state index in [9.17, 15) is 13.2 Å². The molecule has 0 rings (SSSR count). The zero-order valence-electron chi connectivity index (χ0n) is 5.51. The molecule has 0 spiro atoms. The van der Waals surface area contributed by atoms with Crippen molar-refractivity contribution in [3.8, 4) is 0 Å². The van der Waals surface area contributed by atoms with Crippen molar-refractivity contribution < 1.29 is 22.9 Å². The quantitative estimate of drug-likeness (QED) is 0.313. The Kier molecular flexibility index (Phi) is 2.89. The van der Waals surface area contributed by atoms with Gasteiger partial charge >= 0.3 is 15.1 Å². The molecule has 0 saturated heterocycles. The summed E-state index contributed by atoms with van der Waals surface area (Å²) >= 11 is 0. The number of nitrogens with two attached hydrogens (primary N) is 1. The molecule has 0 saturated carbocycles. The largest absolute Gasteiger partial charge is 0.479 e. The molecule has 8 heteroatoms. The first-order valence-electron chi connectivity index (χ1n) is 2.35. The molecule has 0 fully saturated rings. The van der Waals surface area contributed by atoms with Crippen molar-refractivity contribution in [2.24, 2.45) is 5.73 Å². The van der Waals surface area contributed by atoms with E-state index in [4.69, 9.17) is 15.4 Å². The summed E-state index contributed by atoms with van der Waals surface area (Å²) in [4.78, 5) is 8.16. The lowest BCUT2D eigenvalue weighted by atomic mass is 10.4. The molecule has 0 aliphatic carbocycles. The molecule has 0 bridgehead atoms. The van der Waals surface area contributed by atoms with Crippen LogP contribution in [0.4, 0.5) is 0 Å². The van der Waals surface area contributed by atoms with E-state index in [1.54, 1.807) is 0 Å². The topological polar surface area (TPSA) is 118 Å². The predicted molar refractivity (Wildman–Crippen MR) is 39.4 cm³/mol. The molecule has 0 heterocycles. The van der Waals surface area contributed by atoms with E-state index in [1.807, 2.05) is 0 Å². The molecular formula is C3H7NO5S2. The average molecular weight is 201 g/mol. The Labute approximate surface area is 66.9 Å². The number of aliphatic carboxylic acids is 1. The monoisotopic (exact) mass is 201 g/mol. The highest BCUT2D eigenvalue weighted by atomic mass is 33.1. The fourth-order valence-electron chi connectivity index (χ4n) is 0.254. The van der Waals surface area contributed by atoms with Gasteiger partial charge in [-0.15, -0.1) is 0 Å². The maximum Gasteiger partial charge on any atom is 0.335 e. The van der Waals surface area contributed by atoms with Crippen molar-refractivity contribution in [1.29, 1.82) is 0 Å². The smallest absolute Gasteiger partial charge is 0.335 e. The van der Waals surface area contributed by atoms with Crippen LogP contribution in [-0.2, 0) is 13.9 Å². The van der Waals surface area contributed by atoms with Crippen molar-refractivity contribution in [3.05, 3.63) is 0 Å². The van der Waals surface area contributed by atoms with Gasteiger partial charge in [-0.1, -0.05) is 0 Å². The van der Waals surface area contributed by atoms with Gasteiger partial charge in [0.1, 0.15) is 0 Å². The first kappa shape index (κ1) is 10.7. The Balaban J connectivity index is 4.51.